The number of anilines is 3. The predicted molar refractivity (Wildman–Crippen MR) is 184 cm³/mol. The normalized spacial score (nSPS) is 15.0. The molecular weight excluding hydrogens is 610 g/mol. The Morgan fingerprint density at radius 3 is 2.52 bits per heavy atom. The lowest BCUT2D eigenvalue weighted by molar-refractivity contribution is 0.0302. The van der Waals surface area contributed by atoms with E-state index in [4.69, 9.17) is 4.74 Å². The molecule has 4 aromatic rings. The Morgan fingerprint density at radius 2 is 1.81 bits per heavy atom. The molecule has 0 radical (unpaired) electrons. The molecular formula is C36H37N7O5. The third-order valence-electron chi connectivity index (χ3n) is 8.78. The van der Waals surface area contributed by atoms with Crippen molar-refractivity contribution in [3.8, 4) is 11.3 Å². The number of morpholine rings is 1. The smallest absolute Gasteiger partial charge is 0.290 e. The van der Waals surface area contributed by atoms with Gasteiger partial charge in [-0.25, -0.2) is 9.67 Å². The second kappa shape index (κ2) is 13.3. The first-order valence-corrected chi connectivity index (χ1v) is 15.8. The Kier molecular flexibility index (Phi) is 9.01. The number of nitrogens with zero attached hydrogens (tertiary/aromatic N) is 6. The molecule has 4 heterocycles. The van der Waals surface area contributed by atoms with E-state index in [2.05, 4.69) is 40.3 Å². The number of pyridine rings is 1. The number of amides is 2. The zero-order chi connectivity index (χ0) is 34.0. The van der Waals surface area contributed by atoms with Crippen LogP contribution in [0.15, 0.2) is 70.6 Å². The van der Waals surface area contributed by atoms with Crippen LogP contribution in [0.1, 0.15) is 56.0 Å². The van der Waals surface area contributed by atoms with Crippen LogP contribution in [0.3, 0.4) is 0 Å². The predicted octanol–water partition coefficient (Wildman–Crippen LogP) is 4.05. The largest absolute Gasteiger partial charge is 0.378 e. The van der Waals surface area contributed by atoms with Crippen molar-refractivity contribution in [2.75, 3.05) is 50.1 Å². The highest BCUT2D eigenvalue weighted by molar-refractivity contribution is 6.11. The first-order chi connectivity index (χ1) is 23.1. The standard InChI is InChI=1S/C36H37N7O5/c1-36(2,22-37-3)25-9-10-26-23(18-25)12-13-43(34(26)46)31-7-5-6-27(28(31)21-44)29-19-30(35(47)41(4)40-29)39-32-11-8-24(20-38-32)33(45)42-14-16-48-17-15-42/h5-11,18-22H,12-17H2,1-4H3,(H,38,39)/b37-22+. The third-order valence-corrected chi connectivity index (χ3v) is 8.78. The summed E-state index contributed by atoms with van der Waals surface area (Å²) in [5.41, 5.74) is 4.12. The van der Waals surface area contributed by atoms with Crippen molar-refractivity contribution >= 4 is 41.5 Å². The zero-order valence-corrected chi connectivity index (χ0v) is 27.4. The number of aliphatic imine (C=N–C) groups is 1. The van der Waals surface area contributed by atoms with Gasteiger partial charge in [0.2, 0.25) is 0 Å². The van der Waals surface area contributed by atoms with E-state index < -0.39 is 5.56 Å². The monoisotopic (exact) mass is 647 g/mol. The lowest BCUT2D eigenvalue weighted by Gasteiger charge is -2.31. The summed E-state index contributed by atoms with van der Waals surface area (Å²) in [6.45, 7) is 6.59. The van der Waals surface area contributed by atoms with E-state index in [0.29, 0.717) is 73.2 Å². The van der Waals surface area contributed by atoms with Gasteiger partial charge in [-0.1, -0.05) is 38.1 Å². The minimum atomic E-state index is -0.409. The van der Waals surface area contributed by atoms with Gasteiger partial charge in [-0.3, -0.25) is 24.2 Å². The van der Waals surface area contributed by atoms with Gasteiger partial charge in [-0.15, -0.1) is 0 Å². The molecule has 6 rings (SSSR count). The number of aromatic nitrogens is 3. The van der Waals surface area contributed by atoms with Crippen LogP contribution in [-0.2, 0) is 23.6 Å². The quantitative estimate of drug-likeness (QED) is 0.223. The molecule has 0 atom stereocenters. The molecule has 2 aromatic carbocycles. The Bertz CT molecular complexity index is 1980. The molecule has 2 aliphatic heterocycles. The second-order valence-electron chi connectivity index (χ2n) is 12.4. The van der Waals surface area contributed by atoms with Crippen LogP contribution in [0.4, 0.5) is 17.2 Å². The molecule has 2 aliphatic rings. The number of fused-ring (bicyclic) bond motifs is 1. The molecule has 0 spiro atoms. The van der Waals surface area contributed by atoms with Gasteiger partial charge in [-0.2, -0.15) is 5.10 Å². The van der Waals surface area contributed by atoms with Crippen molar-refractivity contribution in [2.24, 2.45) is 12.0 Å². The minimum absolute atomic E-state index is 0.132. The average molecular weight is 648 g/mol. The maximum Gasteiger partial charge on any atom is 0.290 e. The van der Waals surface area contributed by atoms with Gasteiger partial charge in [0.1, 0.15) is 11.5 Å². The van der Waals surface area contributed by atoms with Crippen LogP contribution in [0, 0.1) is 0 Å². The molecule has 12 heteroatoms. The SMILES string of the molecule is C/N=C/C(C)(C)c1ccc2c(c1)CCN(c1cccc(-c3cc(Nc4ccc(C(=O)N5CCOCC5)cn4)c(=O)n(C)n3)c1C=O)C2=O. The number of aldehydes is 1. The van der Waals surface area contributed by atoms with E-state index >= 15 is 0 Å². The van der Waals surface area contributed by atoms with Crippen LogP contribution in [0.5, 0.6) is 0 Å². The summed E-state index contributed by atoms with van der Waals surface area (Å²) in [5, 5.41) is 7.48. The number of carbonyl (C=O) groups is 3. The first kappa shape index (κ1) is 32.5. The summed E-state index contributed by atoms with van der Waals surface area (Å²) >= 11 is 0. The Balaban J connectivity index is 1.28. The van der Waals surface area contributed by atoms with Crippen LogP contribution in [-0.4, -0.2) is 83.9 Å². The van der Waals surface area contributed by atoms with Crippen molar-refractivity contribution in [1.82, 2.24) is 19.7 Å². The van der Waals surface area contributed by atoms with Gasteiger partial charge in [-0.05, 0) is 47.9 Å². The number of carbonyl (C=O) groups excluding carboxylic acids is 3. The second-order valence-corrected chi connectivity index (χ2v) is 12.4. The lowest BCUT2D eigenvalue weighted by atomic mass is 9.83. The van der Waals surface area contributed by atoms with E-state index in [1.165, 1.54) is 17.9 Å². The Labute approximate surface area is 278 Å². The molecule has 0 bridgehead atoms. The van der Waals surface area contributed by atoms with Gasteiger partial charge in [0.25, 0.3) is 17.4 Å². The summed E-state index contributed by atoms with van der Waals surface area (Å²) < 4.78 is 6.51. The number of ether oxygens (including phenoxy) is 1. The fourth-order valence-corrected chi connectivity index (χ4v) is 6.16. The fourth-order valence-electron chi connectivity index (χ4n) is 6.16. The molecule has 1 N–H and O–H groups in total. The number of hydrogen-bond acceptors (Lipinski definition) is 9. The number of rotatable bonds is 8. The van der Waals surface area contributed by atoms with Crippen LogP contribution in [0.25, 0.3) is 11.3 Å². The molecule has 0 aliphatic carbocycles. The molecule has 12 nitrogen and oxygen atoms in total. The summed E-state index contributed by atoms with van der Waals surface area (Å²) in [5.74, 6) is 0.0349. The summed E-state index contributed by atoms with van der Waals surface area (Å²) in [6.07, 6.45) is 4.70. The number of nitrogens with one attached hydrogen (secondary N) is 1. The highest BCUT2D eigenvalue weighted by atomic mass is 16.5. The third kappa shape index (κ3) is 6.26. The molecule has 48 heavy (non-hydrogen) atoms. The van der Waals surface area contributed by atoms with Crippen molar-refractivity contribution in [3.63, 3.8) is 0 Å². The van der Waals surface area contributed by atoms with E-state index in [1.807, 2.05) is 18.3 Å². The van der Waals surface area contributed by atoms with Gasteiger partial charge in [0.05, 0.1) is 30.2 Å². The Hall–Kier alpha value is -5.49. The van der Waals surface area contributed by atoms with Gasteiger partial charge in [0, 0.05) is 68.2 Å². The summed E-state index contributed by atoms with van der Waals surface area (Å²) in [6, 6.07) is 16.0. The molecule has 2 amide bonds. The first-order valence-electron chi connectivity index (χ1n) is 15.8. The molecule has 1 fully saturated rings. The van der Waals surface area contributed by atoms with Gasteiger partial charge in [0.15, 0.2) is 6.29 Å². The van der Waals surface area contributed by atoms with Gasteiger partial charge >= 0.3 is 0 Å². The van der Waals surface area contributed by atoms with E-state index in [9.17, 15) is 19.2 Å². The zero-order valence-electron chi connectivity index (χ0n) is 27.4. The lowest BCUT2D eigenvalue weighted by Crippen LogP contribution is -2.40. The molecule has 0 unspecified atom stereocenters. The van der Waals surface area contributed by atoms with Crippen LogP contribution < -0.4 is 15.8 Å². The van der Waals surface area contributed by atoms with Gasteiger partial charge < -0.3 is 19.9 Å². The molecule has 1 saturated heterocycles. The van der Waals surface area contributed by atoms with E-state index in [1.54, 1.807) is 53.2 Å². The van der Waals surface area contributed by atoms with Crippen molar-refractivity contribution in [3.05, 3.63) is 99.0 Å². The van der Waals surface area contributed by atoms with Crippen LogP contribution >= 0.6 is 0 Å². The molecule has 0 saturated carbocycles. The summed E-state index contributed by atoms with van der Waals surface area (Å²) in [4.78, 5) is 64.3. The van der Waals surface area contributed by atoms with Crippen molar-refractivity contribution in [2.45, 2.75) is 25.7 Å². The number of aryl methyl sites for hydroxylation is 1. The van der Waals surface area contributed by atoms with E-state index in [0.717, 1.165) is 17.4 Å². The maximum absolute atomic E-state index is 13.8. The molecule has 2 aromatic heterocycles. The highest BCUT2D eigenvalue weighted by Gasteiger charge is 2.30. The summed E-state index contributed by atoms with van der Waals surface area (Å²) in [7, 11) is 3.27. The maximum atomic E-state index is 13.8. The number of benzene rings is 2. The fraction of sp³-hybridized carbons (Fsp3) is 0.306. The topological polar surface area (TPSA) is 139 Å². The molecule has 246 valence electrons. The van der Waals surface area contributed by atoms with Crippen molar-refractivity contribution in [1.29, 1.82) is 0 Å². The Morgan fingerprint density at radius 1 is 1.02 bits per heavy atom. The highest BCUT2D eigenvalue weighted by Crippen LogP contribution is 2.34. The average Bonchev–Trinajstić information content (AvgIpc) is 3.10. The van der Waals surface area contributed by atoms with E-state index in [-0.39, 0.29) is 28.5 Å². The number of hydrogen-bond donors (Lipinski definition) is 1. The van der Waals surface area contributed by atoms with Crippen molar-refractivity contribution < 1.29 is 19.1 Å². The van der Waals surface area contributed by atoms with Crippen LogP contribution in [0.2, 0.25) is 0 Å². The minimum Gasteiger partial charge on any atom is -0.378 e.